The monoisotopic (exact) mass is 326 g/mol. The number of H-pyrrole nitrogens is 1. The second kappa shape index (κ2) is 6.27. The van der Waals surface area contributed by atoms with Crippen molar-refractivity contribution < 1.29 is 8.42 Å². The molecule has 2 aromatic heterocycles. The van der Waals surface area contributed by atoms with Gasteiger partial charge in [-0.05, 0) is 18.9 Å². The lowest BCUT2D eigenvalue weighted by atomic mass is 10.3. The van der Waals surface area contributed by atoms with E-state index in [-0.39, 0.29) is 4.90 Å². The van der Waals surface area contributed by atoms with Crippen LogP contribution in [0.1, 0.15) is 24.2 Å². The van der Waals surface area contributed by atoms with E-state index in [2.05, 4.69) is 20.0 Å². The number of aromatic nitrogens is 2. The van der Waals surface area contributed by atoms with E-state index in [0.29, 0.717) is 25.6 Å². The molecule has 0 unspecified atom stereocenters. The van der Waals surface area contributed by atoms with Gasteiger partial charge in [-0.1, -0.05) is 0 Å². The van der Waals surface area contributed by atoms with E-state index in [1.165, 1.54) is 30.4 Å². The zero-order chi connectivity index (χ0) is 14.7. The third kappa shape index (κ3) is 4.13. The predicted molar refractivity (Wildman–Crippen MR) is 81.7 cm³/mol. The molecular formula is C13H18N4O2S2. The molecule has 3 rings (SSSR count). The summed E-state index contributed by atoms with van der Waals surface area (Å²) < 4.78 is 26.9. The van der Waals surface area contributed by atoms with Gasteiger partial charge in [0.15, 0.2) is 0 Å². The van der Waals surface area contributed by atoms with Gasteiger partial charge in [0.1, 0.15) is 0 Å². The quantitative estimate of drug-likeness (QED) is 0.681. The molecule has 1 saturated carbocycles. The fourth-order valence-electron chi connectivity index (χ4n) is 1.98. The molecule has 1 fully saturated rings. The van der Waals surface area contributed by atoms with Gasteiger partial charge in [-0.15, -0.1) is 11.3 Å². The highest BCUT2D eigenvalue weighted by atomic mass is 32.2. The minimum atomic E-state index is -3.45. The summed E-state index contributed by atoms with van der Waals surface area (Å²) in [4.78, 5) is 7.42. The first-order valence-electron chi connectivity index (χ1n) is 6.91. The predicted octanol–water partition coefficient (Wildman–Crippen LogP) is 1.24. The Balaban J connectivity index is 1.53. The van der Waals surface area contributed by atoms with E-state index in [9.17, 15) is 8.42 Å². The summed E-state index contributed by atoms with van der Waals surface area (Å²) in [5.74, 6) is 0. The van der Waals surface area contributed by atoms with Gasteiger partial charge in [-0.25, -0.2) is 18.1 Å². The Labute approximate surface area is 128 Å². The standard InChI is InChI=1S/C13H18N4O2S2/c18-21(19,17-4-3-11-8-20-9-16-11)13-5-12(15-7-13)6-14-10-1-2-10/h5,7-10,14-15,17H,1-4,6H2. The smallest absolute Gasteiger partial charge is 0.242 e. The Morgan fingerprint density at radius 1 is 1.43 bits per heavy atom. The van der Waals surface area contributed by atoms with Crippen LogP contribution in [-0.4, -0.2) is 31.0 Å². The van der Waals surface area contributed by atoms with Gasteiger partial charge in [-0.3, -0.25) is 0 Å². The number of rotatable bonds is 8. The van der Waals surface area contributed by atoms with Gasteiger partial charge in [0.05, 0.1) is 16.1 Å². The average molecular weight is 326 g/mol. The van der Waals surface area contributed by atoms with Gasteiger partial charge in [0.2, 0.25) is 10.0 Å². The van der Waals surface area contributed by atoms with Crippen LogP contribution < -0.4 is 10.0 Å². The normalized spacial score (nSPS) is 15.4. The fraction of sp³-hybridized carbons (Fsp3) is 0.462. The summed E-state index contributed by atoms with van der Waals surface area (Å²) in [7, 11) is -3.45. The zero-order valence-electron chi connectivity index (χ0n) is 11.5. The zero-order valence-corrected chi connectivity index (χ0v) is 13.1. The number of nitrogens with one attached hydrogen (secondary N) is 3. The number of hydrogen-bond donors (Lipinski definition) is 3. The number of thiazole rings is 1. The van der Waals surface area contributed by atoms with Crippen LogP contribution in [0.4, 0.5) is 0 Å². The summed E-state index contributed by atoms with van der Waals surface area (Å²) in [6.45, 7) is 1.03. The number of aromatic amines is 1. The minimum Gasteiger partial charge on any atom is -0.363 e. The van der Waals surface area contributed by atoms with E-state index in [1.54, 1.807) is 11.6 Å². The van der Waals surface area contributed by atoms with E-state index >= 15 is 0 Å². The van der Waals surface area contributed by atoms with Crippen molar-refractivity contribution in [2.45, 2.75) is 36.7 Å². The second-order valence-electron chi connectivity index (χ2n) is 5.14. The molecule has 0 bridgehead atoms. The molecule has 0 aliphatic heterocycles. The Kier molecular flexibility index (Phi) is 4.39. The lowest BCUT2D eigenvalue weighted by molar-refractivity contribution is 0.581. The van der Waals surface area contributed by atoms with Crippen molar-refractivity contribution in [2.75, 3.05) is 6.54 Å². The maximum Gasteiger partial charge on any atom is 0.242 e. The molecule has 0 atom stereocenters. The molecule has 0 spiro atoms. The Morgan fingerprint density at radius 3 is 3.00 bits per heavy atom. The molecule has 3 N–H and O–H groups in total. The van der Waals surface area contributed by atoms with Crippen molar-refractivity contribution in [2.24, 2.45) is 0 Å². The van der Waals surface area contributed by atoms with Crippen LogP contribution >= 0.6 is 11.3 Å². The molecule has 0 radical (unpaired) electrons. The maximum atomic E-state index is 12.2. The fourth-order valence-corrected chi connectivity index (χ4v) is 3.62. The lowest BCUT2D eigenvalue weighted by Gasteiger charge is -2.03. The van der Waals surface area contributed by atoms with Crippen molar-refractivity contribution in [1.82, 2.24) is 20.0 Å². The molecule has 2 heterocycles. The van der Waals surface area contributed by atoms with Crippen LogP contribution in [-0.2, 0) is 23.0 Å². The molecule has 114 valence electrons. The number of nitrogens with zero attached hydrogens (tertiary/aromatic N) is 1. The van der Waals surface area contributed by atoms with Crippen molar-refractivity contribution in [3.8, 4) is 0 Å². The molecule has 0 saturated heterocycles. The third-order valence-electron chi connectivity index (χ3n) is 3.34. The first-order chi connectivity index (χ1) is 10.1. The number of hydrogen-bond acceptors (Lipinski definition) is 5. The largest absolute Gasteiger partial charge is 0.363 e. The molecule has 0 aromatic carbocycles. The second-order valence-corrected chi connectivity index (χ2v) is 7.63. The van der Waals surface area contributed by atoms with Crippen molar-refractivity contribution >= 4 is 21.4 Å². The topological polar surface area (TPSA) is 86.9 Å². The molecule has 2 aromatic rings. The molecule has 0 amide bonds. The van der Waals surface area contributed by atoms with Crippen LogP contribution in [0, 0.1) is 0 Å². The van der Waals surface area contributed by atoms with Crippen molar-refractivity contribution in [1.29, 1.82) is 0 Å². The molecule has 1 aliphatic rings. The van der Waals surface area contributed by atoms with E-state index in [0.717, 1.165) is 11.4 Å². The Morgan fingerprint density at radius 2 is 2.29 bits per heavy atom. The van der Waals surface area contributed by atoms with E-state index in [1.807, 2.05) is 5.38 Å². The van der Waals surface area contributed by atoms with Gasteiger partial charge in [0, 0.05) is 42.8 Å². The minimum absolute atomic E-state index is 0.286. The van der Waals surface area contributed by atoms with Gasteiger partial charge in [0.25, 0.3) is 0 Å². The van der Waals surface area contributed by atoms with Crippen LogP contribution in [0.2, 0.25) is 0 Å². The average Bonchev–Trinajstić information content (AvgIpc) is 2.93. The third-order valence-corrected chi connectivity index (χ3v) is 5.42. The van der Waals surface area contributed by atoms with E-state index < -0.39 is 10.0 Å². The summed E-state index contributed by atoms with van der Waals surface area (Å²) >= 11 is 1.51. The van der Waals surface area contributed by atoms with Crippen LogP contribution in [0.25, 0.3) is 0 Å². The molecule has 1 aliphatic carbocycles. The van der Waals surface area contributed by atoms with Gasteiger partial charge in [-0.2, -0.15) is 0 Å². The van der Waals surface area contributed by atoms with E-state index in [4.69, 9.17) is 0 Å². The van der Waals surface area contributed by atoms with Crippen LogP contribution in [0.3, 0.4) is 0 Å². The highest BCUT2D eigenvalue weighted by Crippen LogP contribution is 2.19. The number of sulfonamides is 1. The highest BCUT2D eigenvalue weighted by Gasteiger charge is 2.21. The van der Waals surface area contributed by atoms with Crippen LogP contribution in [0.15, 0.2) is 28.0 Å². The van der Waals surface area contributed by atoms with Gasteiger partial charge < -0.3 is 10.3 Å². The summed E-state index contributed by atoms with van der Waals surface area (Å²) in [6.07, 6.45) is 4.56. The summed E-state index contributed by atoms with van der Waals surface area (Å²) in [5, 5.41) is 5.27. The van der Waals surface area contributed by atoms with Crippen molar-refractivity contribution in [3.05, 3.63) is 34.5 Å². The Hall–Kier alpha value is -1.22. The molecule has 8 heteroatoms. The lowest BCUT2D eigenvalue weighted by Crippen LogP contribution is -2.25. The molecule has 21 heavy (non-hydrogen) atoms. The maximum absolute atomic E-state index is 12.2. The van der Waals surface area contributed by atoms with Gasteiger partial charge >= 0.3 is 0 Å². The summed E-state index contributed by atoms with van der Waals surface area (Å²) in [5.41, 5.74) is 3.54. The molecular weight excluding hydrogens is 308 g/mol. The Bertz CT molecular complexity index is 675. The highest BCUT2D eigenvalue weighted by molar-refractivity contribution is 7.89. The first-order valence-corrected chi connectivity index (χ1v) is 9.33. The van der Waals surface area contributed by atoms with Crippen molar-refractivity contribution in [3.63, 3.8) is 0 Å². The SMILES string of the molecule is O=S(=O)(NCCc1cscn1)c1c[nH]c(CNC2CC2)c1. The first kappa shape index (κ1) is 14.7. The summed E-state index contributed by atoms with van der Waals surface area (Å²) in [6, 6.07) is 2.28. The molecule has 6 nitrogen and oxygen atoms in total. The van der Waals surface area contributed by atoms with Crippen LogP contribution in [0.5, 0.6) is 0 Å².